The summed E-state index contributed by atoms with van der Waals surface area (Å²) >= 11 is 0. The molecule has 0 saturated heterocycles. The SMILES string of the molecule is N#CC(CCCNC1c2ccccc2-c2ccccc21)(c1ccccc1)c1ccccc1. The number of nitrogens with zero attached hydrogens (tertiary/aromatic N) is 1. The van der Waals surface area contributed by atoms with Gasteiger partial charge in [-0.1, -0.05) is 109 Å². The Labute approximate surface area is 190 Å². The van der Waals surface area contributed by atoms with Crippen molar-refractivity contribution in [2.75, 3.05) is 6.54 Å². The summed E-state index contributed by atoms with van der Waals surface area (Å²) in [5.74, 6) is 0. The molecule has 0 fully saturated rings. The standard InChI is InChI=1S/C30H26N2/c31-22-30(23-12-3-1-4-13-23,24-14-5-2-6-15-24)20-11-21-32-29-27-18-9-7-16-25(27)26-17-8-10-19-28(26)29/h1-10,12-19,29,32H,11,20-21H2. The molecule has 0 spiro atoms. The van der Waals surface area contributed by atoms with Gasteiger partial charge in [-0.3, -0.25) is 0 Å². The first-order valence-electron chi connectivity index (χ1n) is 11.3. The van der Waals surface area contributed by atoms with Gasteiger partial charge in [0.25, 0.3) is 0 Å². The summed E-state index contributed by atoms with van der Waals surface area (Å²) in [5.41, 5.74) is 6.80. The van der Waals surface area contributed by atoms with E-state index in [-0.39, 0.29) is 6.04 Å². The number of rotatable bonds is 7. The molecule has 0 heterocycles. The highest BCUT2D eigenvalue weighted by Crippen LogP contribution is 2.43. The van der Waals surface area contributed by atoms with Gasteiger partial charge in [0.05, 0.1) is 12.1 Å². The van der Waals surface area contributed by atoms with Crippen molar-refractivity contribution in [2.24, 2.45) is 0 Å². The van der Waals surface area contributed by atoms with Gasteiger partial charge in [0.1, 0.15) is 5.41 Å². The van der Waals surface area contributed by atoms with E-state index in [1.165, 1.54) is 22.3 Å². The molecule has 1 aliphatic rings. The van der Waals surface area contributed by atoms with Crippen molar-refractivity contribution in [1.82, 2.24) is 5.32 Å². The number of fused-ring (bicyclic) bond motifs is 3. The molecule has 1 aliphatic carbocycles. The highest BCUT2D eigenvalue weighted by Gasteiger charge is 2.34. The monoisotopic (exact) mass is 414 g/mol. The van der Waals surface area contributed by atoms with Crippen molar-refractivity contribution in [1.29, 1.82) is 5.26 Å². The zero-order valence-corrected chi connectivity index (χ0v) is 18.0. The van der Waals surface area contributed by atoms with Crippen LogP contribution in [0.2, 0.25) is 0 Å². The first-order valence-corrected chi connectivity index (χ1v) is 11.3. The van der Waals surface area contributed by atoms with Crippen molar-refractivity contribution in [2.45, 2.75) is 24.3 Å². The molecular weight excluding hydrogens is 388 g/mol. The molecule has 4 aromatic rings. The highest BCUT2D eigenvalue weighted by molar-refractivity contribution is 5.78. The van der Waals surface area contributed by atoms with Crippen molar-refractivity contribution in [3.8, 4) is 17.2 Å². The average molecular weight is 415 g/mol. The van der Waals surface area contributed by atoms with Crippen LogP contribution < -0.4 is 5.32 Å². The fraction of sp³-hybridized carbons (Fsp3) is 0.167. The number of benzene rings is 4. The second-order valence-corrected chi connectivity index (χ2v) is 8.41. The van der Waals surface area contributed by atoms with Crippen LogP contribution >= 0.6 is 0 Å². The molecule has 4 aromatic carbocycles. The molecular formula is C30H26N2. The minimum absolute atomic E-state index is 0.201. The second-order valence-electron chi connectivity index (χ2n) is 8.41. The van der Waals surface area contributed by atoms with E-state index in [0.717, 1.165) is 30.5 Å². The Morgan fingerprint density at radius 2 is 1.12 bits per heavy atom. The molecule has 0 bridgehead atoms. The van der Waals surface area contributed by atoms with Crippen LogP contribution in [0.15, 0.2) is 109 Å². The van der Waals surface area contributed by atoms with Gasteiger partial charge in [0.2, 0.25) is 0 Å². The van der Waals surface area contributed by atoms with Crippen LogP contribution in [0.25, 0.3) is 11.1 Å². The van der Waals surface area contributed by atoms with Gasteiger partial charge in [-0.15, -0.1) is 0 Å². The second kappa shape index (κ2) is 8.83. The molecule has 0 atom stereocenters. The summed E-state index contributed by atoms with van der Waals surface area (Å²) in [4.78, 5) is 0. The molecule has 0 unspecified atom stereocenters. The van der Waals surface area contributed by atoms with Crippen LogP contribution in [0, 0.1) is 11.3 Å². The van der Waals surface area contributed by atoms with E-state index in [1.807, 2.05) is 36.4 Å². The lowest BCUT2D eigenvalue weighted by Crippen LogP contribution is -2.28. The van der Waals surface area contributed by atoms with E-state index in [2.05, 4.69) is 84.2 Å². The van der Waals surface area contributed by atoms with Gasteiger partial charge in [-0.25, -0.2) is 0 Å². The quantitative estimate of drug-likeness (QED) is 0.344. The van der Waals surface area contributed by atoms with Gasteiger partial charge in [-0.2, -0.15) is 5.26 Å². The summed E-state index contributed by atoms with van der Waals surface area (Å²) in [6.07, 6.45) is 1.67. The maximum Gasteiger partial charge on any atom is 0.107 e. The van der Waals surface area contributed by atoms with Gasteiger partial charge in [-0.05, 0) is 52.8 Å². The molecule has 0 aromatic heterocycles. The lowest BCUT2D eigenvalue weighted by atomic mass is 9.72. The molecule has 156 valence electrons. The molecule has 2 heteroatoms. The lowest BCUT2D eigenvalue weighted by Gasteiger charge is -2.28. The van der Waals surface area contributed by atoms with Crippen molar-refractivity contribution < 1.29 is 0 Å². The maximum atomic E-state index is 10.4. The Morgan fingerprint density at radius 3 is 1.62 bits per heavy atom. The molecule has 2 nitrogen and oxygen atoms in total. The van der Waals surface area contributed by atoms with Crippen LogP contribution in [-0.4, -0.2) is 6.54 Å². The topological polar surface area (TPSA) is 35.8 Å². The summed E-state index contributed by atoms with van der Waals surface area (Å²) in [6.45, 7) is 0.844. The average Bonchev–Trinajstić information content (AvgIpc) is 3.19. The molecule has 0 aliphatic heterocycles. The maximum absolute atomic E-state index is 10.4. The third kappa shape index (κ3) is 3.51. The zero-order chi connectivity index (χ0) is 21.8. The van der Waals surface area contributed by atoms with Crippen molar-refractivity contribution >= 4 is 0 Å². The minimum atomic E-state index is -0.643. The van der Waals surface area contributed by atoms with E-state index < -0.39 is 5.41 Å². The molecule has 5 rings (SSSR count). The Morgan fingerprint density at radius 1 is 0.656 bits per heavy atom. The van der Waals surface area contributed by atoms with E-state index in [9.17, 15) is 5.26 Å². The van der Waals surface area contributed by atoms with Gasteiger partial charge in [0, 0.05) is 0 Å². The molecule has 0 saturated carbocycles. The summed E-state index contributed by atoms with van der Waals surface area (Å²) in [6, 6.07) is 40.6. The van der Waals surface area contributed by atoms with Crippen LogP contribution in [0.4, 0.5) is 0 Å². The predicted octanol–water partition coefficient (Wildman–Crippen LogP) is 6.64. The van der Waals surface area contributed by atoms with Crippen molar-refractivity contribution in [3.05, 3.63) is 131 Å². The van der Waals surface area contributed by atoms with Crippen LogP contribution in [0.3, 0.4) is 0 Å². The van der Waals surface area contributed by atoms with Gasteiger partial charge >= 0.3 is 0 Å². The molecule has 0 radical (unpaired) electrons. The Balaban J connectivity index is 1.37. The number of nitriles is 1. The highest BCUT2D eigenvalue weighted by atomic mass is 14.9. The van der Waals surface area contributed by atoms with E-state index in [1.54, 1.807) is 0 Å². The summed E-state index contributed by atoms with van der Waals surface area (Å²) in [7, 11) is 0. The predicted molar refractivity (Wildman–Crippen MR) is 130 cm³/mol. The number of hydrogen-bond donors (Lipinski definition) is 1. The summed E-state index contributed by atoms with van der Waals surface area (Å²) < 4.78 is 0. The number of nitrogens with one attached hydrogen (secondary N) is 1. The largest absolute Gasteiger partial charge is 0.306 e. The van der Waals surface area contributed by atoms with E-state index >= 15 is 0 Å². The number of hydrogen-bond acceptors (Lipinski definition) is 2. The van der Waals surface area contributed by atoms with Crippen molar-refractivity contribution in [3.63, 3.8) is 0 Å². The molecule has 32 heavy (non-hydrogen) atoms. The Hall–Kier alpha value is -3.67. The third-order valence-electron chi connectivity index (χ3n) is 6.63. The summed E-state index contributed by atoms with van der Waals surface area (Å²) in [5, 5.41) is 14.2. The molecule has 1 N–H and O–H groups in total. The normalized spacial score (nSPS) is 12.7. The zero-order valence-electron chi connectivity index (χ0n) is 18.0. The fourth-order valence-electron chi connectivity index (χ4n) is 5.06. The minimum Gasteiger partial charge on any atom is -0.306 e. The van der Waals surface area contributed by atoms with Crippen LogP contribution in [0.5, 0.6) is 0 Å². The fourth-order valence-corrected chi connectivity index (χ4v) is 5.06. The first kappa shape index (κ1) is 20.2. The third-order valence-corrected chi connectivity index (χ3v) is 6.63. The van der Waals surface area contributed by atoms with E-state index in [4.69, 9.17) is 0 Å². The van der Waals surface area contributed by atoms with E-state index in [0.29, 0.717) is 0 Å². The first-order chi connectivity index (χ1) is 15.8. The van der Waals surface area contributed by atoms with Gasteiger partial charge < -0.3 is 5.32 Å². The van der Waals surface area contributed by atoms with Crippen LogP contribution in [-0.2, 0) is 5.41 Å². The lowest BCUT2D eigenvalue weighted by molar-refractivity contribution is 0.514. The Bertz CT molecular complexity index is 1150. The smallest absolute Gasteiger partial charge is 0.107 e. The molecule has 0 amide bonds. The van der Waals surface area contributed by atoms with Gasteiger partial charge in [0.15, 0.2) is 0 Å². The Kier molecular flexibility index (Phi) is 5.58. The van der Waals surface area contributed by atoms with Crippen LogP contribution in [0.1, 0.15) is 41.1 Å².